The van der Waals surface area contributed by atoms with Crippen LogP contribution >= 0.6 is 0 Å². The van der Waals surface area contributed by atoms with E-state index in [1.54, 1.807) is 18.2 Å². The van der Waals surface area contributed by atoms with Crippen LogP contribution in [0.25, 0.3) is 0 Å². The second-order valence-electron chi connectivity index (χ2n) is 4.11. The molecule has 18 heavy (non-hydrogen) atoms. The first-order chi connectivity index (χ1) is 8.37. The number of rotatable bonds is 1. The minimum Gasteiger partial charge on any atom is -0.359 e. The van der Waals surface area contributed by atoms with Gasteiger partial charge in [0.25, 0.3) is 0 Å². The first-order valence-electron chi connectivity index (χ1n) is 5.34. The quantitative estimate of drug-likeness (QED) is 0.800. The van der Waals surface area contributed by atoms with Crippen molar-refractivity contribution in [3.8, 4) is 0 Å². The number of anilines is 2. The molecule has 1 aliphatic heterocycles. The van der Waals surface area contributed by atoms with Crippen LogP contribution in [0.2, 0.25) is 0 Å². The lowest BCUT2D eigenvalue weighted by molar-refractivity contribution is -0.121. The number of alkyl halides is 3. The first kappa shape index (κ1) is 12.7. The van der Waals surface area contributed by atoms with Crippen LogP contribution in [0, 0.1) is 0 Å². The van der Waals surface area contributed by atoms with Crippen LogP contribution in [0.3, 0.4) is 0 Å². The number of hydrogen-bond donors (Lipinski definition) is 2. The molecule has 1 aliphatic rings. The van der Waals surface area contributed by atoms with Gasteiger partial charge in [0.15, 0.2) is 0 Å². The summed E-state index contributed by atoms with van der Waals surface area (Å²) in [5.41, 5.74) is 6.22. The Kier molecular flexibility index (Phi) is 3.16. The summed E-state index contributed by atoms with van der Waals surface area (Å²) >= 11 is 0. The second kappa shape index (κ2) is 4.49. The standard InChI is InChI=1S/C11H12F3N3O/c12-11(13,14)6-17-5-7(15)10(18)16-8-3-1-2-4-9(8)17/h1-4,7H,5-6,15H2,(H,16,18)/t7-/m0/s1. The van der Waals surface area contributed by atoms with Gasteiger partial charge in [-0.3, -0.25) is 4.79 Å². The van der Waals surface area contributed by atoms with E-state index in [4.69, 9.17) is 5.73 Å². The molecular formula is C11H12F3N3O. The van der Waals surface area contributed by atoms with Gasteiger partial charge in [-0.1, -0.05) is 12.1 Å². The van der Waals surface area contributed by atoms with E-state index in [1.807, 2.05) is 0 Å². The Bertz CT molecular complexity index is 461. The van der Waals surface area contributed by atoms with Crippen LogP contribution in [0.5, 0.6) is 0 Å². The number of nitrogens with zero attached hydrogens (tertiary/aromatic N) is 1. The number of nitrogens with one attached hydrogen (secondary N) is 1. The van der Waals surface area contributed by atoms with E-state index in [9.17, 15) is 18.0 Å². The highest BCUT2D eigenvalue weighted by Gasteiger charge is 2.34. The summed E-state index contributed by atoms with van der Waals surface area (Å²) in [5.74, 6) is -0.480. The van der Waals surface area contributed by atoms with Crippen LogP contribution in [-0.2, 0) is 4.79 Å². The van der Waals surface area contributed by atoms with Gasteiger partial charge in [-0.15, -0.1) is 0 Å². The van der Waals surface area contributed by atoms with Crippen molar-refractivity contribution in [2.45, 2.75) is 12.2 Å². The van der Waals surface area contributed by atoms with Crippen LogP contribution in [0.15, 0.2) is 24.3 Å². The number of nitrogens with two attached hydrogens (primary N) is 1. The SMILES string of the molecule is N[C@H]1CN(CC(F)(F)F)c2ccccc2NC1=O. The predicted molar refractivity (Wildman–Crippen MR) is 61.3 cm³/mol. The number of carbonyl (C=O) groups is 1. The van der Waals surface area contributed by atoms with Crippen molar-refractivity contribution in [1.82, 2.24) is 0 Å². The highest BCUT2D eigenvalue weighted by Crippen LogP contribution is 2.30. The van der Waals surface area contributed by atoms with E-state index in [-0.39, 0.29) is 6.54 Å². The normalized spacial score (nSPS) is 20.1. The molecule has 0 bridgehead atoms. The van der Waals surface area contributed by atoms with Crippen molar-refractivity contribution in [3.63, 3.8) is 0 Å². The van der Waals surface area contributed by atoms with Gasteiger partial charge in [0, 0.05) is 6.54 Å². The maximum atomic E-state index is 12.5. The summed E-state index contributed by atoms with van der Waals surface area (Å²) in [6.45, 7) is -1.30. The lowest BCUT2D eigenvalue weighted by atomic mass is 10.2. The zero-order valence-corrected chi connectivity index (χ0v) is 9.37. The van der Waals surface area contributed by atoms with Crippen molar-refractivity contribution in [1.29, 1.82) is 0 Å². The van der Waals surface area contributed by atoms with Crippen LogP contribution < -0.4 is 16.0 Å². The maximum Gasteiger partial charge on any atom is 0.405 e. The van der Waals surface area contributed by atoms with Crippen molar-refractivity contribution < 1.29 is 18.0 Å². The molecule has 98 valence electrons. The van der Waals surface area contributed by atoms with Gasteiger partial charge < -0.3 is 16.0 Å². The smallest absolute Gasteiger partial charge is 0.359 e. The number of amides is 1. The van der Waals surface area contributed by atoms with Gasteiger partial charge in [-0.05, 0) is 12.1 Å². The Morgan fingerprint density at radius 1 is 1.39 bits per heavy atom. The molecular weight excluding hydrogens is 247 g/mol. The van der Waals surface area contributed by atoms with Crippen LogP contribution in [-0.4, -0.2) is 31.2 Å². The van der Waals surface area contributed by atoms with Gasteiger partial charge in [0.2, 0.25) is 5.91 Å². The average molecular weight is 259 g/mol. The van der Waals surface area contributed by atoms with Crippen LogP contribution in [0.4, 0.5) is 24.5 Å². The lowest BCUT2D eigenvalue weighted by Gasteiger charge is -2.26. The molecule has 1 heterocycles. The molecule has 2 rings (SSSR count). The highest BCUT2D eigenvalue weighted by atomic mass is 19.4. The van der Waals surface area contributed by atoms with E-state index in [1.165, 1.54) is 6.07 Å². The summed E-state index contributed by atoms with van der Waals surface area (Å²) in [4.78, 5) is 12.6. The summed E-state index contributed by atoms with van der Waals surface area (Å²) in [6.07, 6.45) is -4.35. The topological polar surface area (TPSA) is 58.4 Å². The van der Waals surface area contributed by atoms with Crippen molar-refractivity contribution in [3.05, 3.63) is 24.3 Å². The van der Waals surface area contributed by atoms with Crippen molar-refractivity contribution >= 4 is 17.3 Å². The maximum absolute atomic E-state index is 12.5. The summed E-state index contributed by atoms with van der Waals surface area (Å²) in [7, 11) is 0. The number of carbonyl (C=O) groups excluding carboxylic acids is 1. The fourth-order valence-corrected chi connectivity index (χ4v) is 1.87. The van der Waals surface area contributed by atoms with E-state index >= 15 is 0 Å². The molecule has 3 N–H and O–H groups in total. The van der Waals surface area contributed by atoms with Gasteiger partial charge in [0.1, 0.15) is 12.6 Å². The first-order valence-corrected chi connectivity index (χ1v) is 5.34. The van der Waals surface area contributed by atoms with E-state index in [0.717, 1.165) is 4.90 Å². The van der Waals surface area contributed by atoms with Gasteiger partial charge in [0.05, 0.1) is 11.4 Å². The molecule has 0 spiro atoms. The molecule has 0 saturated carbocycles. The Morgan fingerprint density at radius 3 is 2.72 bits per heavy atom. The largest absolute Gasteiger partial charge is 0.405 e. The molecule has 0 unspecified atom stereocenters. The molecule has 1 aromatic rings. The fraction of sp³-hybridized carbons (Fsp3) is 0.364. The number of fused-ring (bicyclic) bond motifs is 1. The zero-order valence-electron chi connectivity index (χ0n) is 9.37. The summed E-state index contributed by atoms with van der Waals surface area (Å²) < 4.78 is 37.5. The van der Waals surface area contributed by atoms with Gasteiger partial charge in [-0.2, -0.15) is 13.2 Å². The molecule has 4 nitrogen and oxygen atoms in total. The van der Waals surface area contributed by atoms with Crippen molar-refractivity contribution in [2.24, 2.45) is 5.73 Å². The van der Waals surface area contributed by atoms with Gasteiger partial charge >= 0.3 is 6.18 Å². The molecule has 0 aliphatic carbocycles. The third kappa shape index (κ3) is 2.73. The van der Waals surface area contributed by atoms with Crippen molar-refractivity contribution in [2.75, 3.05) is 23.3 Å². The average Bonchev–Trinajstić information content (AvgIpc) is 2.36. The molecule has 0 fully saturated rings. The molecule has 0 radical (unpaired) electrons. The third-order valence-electron chi connectivity index (χ3n) is 2.63. The Hall–Kier alpha value is -1.76. The highest BCUT2D eigenvalue weighted by molar-refractivity contribution is 5.99. The van der Waals surface area contributed by atoms with Gasteiger partial charge in [-0.25, -0.2) is 0 Å². The number of hydrogen-bond acceptors (Lipinski definition) is 3. The Labute approximate surface area is 102 Å². The molecule has 0 saturated heterocycles. The zero-order chi connectivity index (χ0) is 13.3. The van der Waals surface area contributed by atoms with E-state index in [0.29, 0.717) is 11.4 Å². The van der Waals surface area contributed by atoms with E-state index in [2.05, 4.69) is 5.32 Å². The Balaban J connectivity index is 2.36. The number of para-hydroxylation sites is 2. The number of halogens is 3. The summed E-state index contributed by atoms with van der Waals surface area (Å²) in [5, 5.41) is 2.51. The molecule has 7 heteroatoms. The molecule has 1 amide bonds. The second-order valence-corrected chi connectivity index (χ2v) is 4.11. The van der Waals surface area contributed by atoms with E-state index < -0.39 is 24.7 Å². The summed E-state index contributed by atoms with van der Waals surface area (Å²) in [6, 6.07) is 5.35. The third-order valence-corrected chi connectivity index (χ3v) is 2.63. The lowest BCUT2D eigenvalue weighted by Crippen LogP contribution is -2.45. The molecule has 1 aromatic carbocycles. The van der Waals surface area contributed by atoms with Crippen LogP contribution in [0.1, 0.15) is 0 Å². The predicted octanol–water partition coefficient (Wildman–Crippen LogP) is 1.33. The fourth-order valence-electron chi connectivity index (χ4n) is 1.87. The molecule has 0 aromatic heterocycles. The number of benzene rings is 1. The Morgan fingerprint density at radius 2 is 2.06 bits per heavy atom. The molecule has 1 atom stereocenters. The monoisotopic (exact) mass is 259 g/mol. The minimum absolute atomic E-state index is 0.164. The minimum atomic E-state index is -4.35.